The van der Waals surface area contributed by atoms with E-state index < -0.39 is 0 Å². The van der Waals surface area contributed by atoms with Crippen LogP contribution in [0.2, 0.25) is 0 Å². The molecular formula is C17H21FN4O. The van der Waals surface area contributed by atoms with Crippen LogP contribution in [0.5, 0.6) is 0 Å². The zero-order valence-electron chi connectivity index (χ0n) is 13.7. The summed E-state index contributed by atoms with van der Waals surface area (Å²) in [5.74, 6) is 0.251. The van der Waals surface area contributed by atoms with Crippen LogP contribution in [0.4, 0.5) is 10.1 Å². The molecule has 2 heterocycles. The maximum Gasteiger partial charge on any atom is 0.258 e. The molecule has 3 rings (SSSR count). The van der Waals surface area contributed by atoms with Gasteiger partial charge in [0.2, 0.25) is 0 Å². The van der Waals surface area contributed by atoms with Gasteiger partial charge in [0.05, 0.1) is 11.4 Å². The fourth-order valence-corrected chi connectivity index (χ4v) is 2.99. The first-order valence-electron chi connectivity index (χ1n) is 7.76. The predicted molar refractivity (Wildman–Crippen MR) is 89.0 cm³/mol. The molecule has 1 aromatic carbocycles. The van der Waals surface area contributed by atoms with Crippen molar-refractivity contribution in [3.8, 4) is 5.69 Å². The lowest BCUT2D eigenvalue weighted by atomic mass is 10.2. The van der Waals surface area contributed by atoms with Gasteiger partial charge in [-0.25, -0.2) is 9.37 Å². The monoisotopic (exact) mass is 316 g/mol. The zero-order valence-corrected chi connectivity index (χ0v) is 13.7. The summed E-state index contributed by atoms with van der Waals surface area (Å²) >= 11 is 0. The molecule has 0 atom stereocenters. The molecule has 0 N–H and O–H groups in total. The van der Waals surface area contributed by atoms with Crippen LogP contribution >= 0.6 is 0 Å². The Labute approximate surface area is 135 Å². The molecule has 5 nitrogen and oxygen atoms in total. The van der Waals surface area contributed by atoms with Gasteiger partial charge in [-0.1, -0.05) is 0 Å². The zero-order chi connectivity index (χ0) is 16.6. The van der Waals surface area contributed by atoms with Gasteiger partial charge in [0.25, 0.3) is 5.56 Å². The van der Waals surface area contributed by atoms with Crippen LogP contribution in [-0.4, -0.2) is 47.7 Å². The van der Waals surface area contributed by atoms with Crippen molar-refractivity contribution in [3.63, 3.8) is 0 Å². The number of piperazine rings is 1. The molecule has 0 unspecified atom stereocenters. The van der Waals surface area contributed by atoms with Gasteiger partial charge in [0, 0.05) is 44.0 Å². The van der Waals surface area contributed by atoms with Gasteiger partial charge in [0.15, 0.2) is 0 Å². The second-order valence-electron chi connectivity index (χ2n) is 6.04. The van der Waals surface area contributed by atoms with E-state index >= 15 is 0 Å². The first kappa shape index (κ1) is 15.7. The molecule has 122 valence electrons. The largest absolute Gasteiger partial charge is 0.367 e. The van der Waals surface area contributed by atoms with Crippen molar-refractivity contribution in [1.29, 1.82) is 0 Å². The summed E-state index contributed by atoms with van der Waals surface area (Å²) in [6.07, 6.45) is 0. The summed E-state index contributed by atoms with van der Waals surface area (Å²) in [7, 11) is 2.07. The van der Waals surface area contributed by atoms with Gasteiger partial charge in [-0.15, -0.1) is 0 Å². The summed E-state index contributed by atoms with van der Waals surface area (Å²) < 4.78 is 16.0. The fourth-order valence-electron chi connectivity index (χ4n) is 2.99. The first-order valence-corrected chi connectivity index (χ1v) is 7.76. The summed E-state index contributed by atoms with van der Waals surface area (Å²) in [5.41, 5.74) is 1.57. The number of nitrogens with zero attached hydrogens (tertiary/aromatic N) is 4. The molecule has 2 aromatic rings. The summed E-state index contributed by atoms with van der Waals surface area (Å²) in [6, 6.07) is 6.40. The quantitative estimate of drug-likeness (QED) is 0.846. The van der Waals surface area contributed by atoms with Crippen molar-refractivity contribution < 1.29 is 4.39 Å². The van der Waals surface area contributed by atoms with E-state index in [1.807, 2.05) is 4.90 Å². The molecule has 1 aliphatic rings. The minimum atomic E-state index is -0.307. The Kier molecular flexibility index (Phi) is 4.17. The number of benzene rings is 1. The van der Waals surface area contributed by atoms with Gasteiger partial charge in [-0.3, -0.25) is 9.36 Å². The summed E-state index contributed by atoms with van der Waals surface area (Å²) in [4.78, 5) is 20.7. The van der Waals surface area contributed by atoms with Gasteiger partial charge in [-0.05, 0) is 33.0 Å². The first-order chi connectivity index (χ1) is 11.0. The lowest BCUT2D eigenvalue weighted by molar-refractivity contribution is 0.311. The summed E-state index contributed by atoms with van der Waals surface area (Å²) in [5, 5.41) is 0. The van der Waals surface area contributed by atoms with E-state index in [-0.39, 0.29) is 11.4 Å². The van der Waals surface area contributed by atoms with Crippen molar-refractivity contribution in [2.24, 2.45) is 0 Å². The van der Waals surface area contributed by atoms with Gasteiger partial charge >= 0.3 is 0 Å². The maximum absolute atomic E-state index is 14.6. The van der Waals surface area contributed by atoms with Crippen LogP contribution < -0.4 is 10.5 Å². The highest BCUT2D eigenvalue weighted by molar-refractivity contribution is 5.53. The highest BCUT2D eigenvalue weighted by Gasteiger charge is 2.18. The molecule has 1 saturated heterocycles. The van der Waals surface area contributed by atoms with E-state index in [0.29, 0.717) is 22.9 Å². The van der Waals surface area contributed by atoms with E-state index in [1.54, 1.807) is 26.0 Å². The lowest BCUT2D eigenvalue weighted by Gasteiger charge is -2.34. The molecule has 0 saturated carbocycles. The number of hydrogen-bond donors (Lipinski definition) is 0. The Morgan fingerprint density at radius 1 is 1.09 bits per heavy atom. The minimum absolute atomic E-state index is 0.193. The Bertz CT molecular complexity index is 779. The third-order valence-corrected chi connectivity index (χ3v) is 4.25. The van der Waals surface area contributed by atoms with Crippen LogP contribution in [0.3, 0.4) is 0 Å². The maximum atomic E-state index is 14.6. The second-order valence-corrected chi connectivity index (χ2v) is 6.04. The van der Waals surface area contributed by atoms with Crippen molar-refractivity contribution >= 4 is 5.69 Å². The Morgan fingerprint density at radius 3 is 2.39 bits per heavy atom. The third kappa shape index (κ3) is 3.12. The number of aryl methyl sites for hydroxylation is 2. The topological polar surface area (TPSA) is 41.4 Å². The number of halogens is 1. The highest BCUT2D eigenvalue weighted by Crippen LogP contribution is 2.23. The van der Waals surface area contributed by atoms with Crippen LogP contribution in [0.1, 0.15) is 11.5 Å². The molecule has 6 heteroatoms. The fraction of sp³-hybridized carbons (Fsp3) is 0.412. The molecule has 0 radical (unpaired) electrons. The SMILES string of the molecule is Cc1cc(=O)n(-c2ccc(N3CCN(C)CC3)c(F)c2)c(C)n1. The van der Waals surface area contributed by atoms with Crippen molar-refractivity contribution in [2.45, 2.75) is 13.8 Å². The molecule has 1 fully saturated rings. The van der Waals surface area contributed by atoms with Gasteiger partial charge < -0.3 is 9.80 Å². The normalized spacial score (nSPS) is 15.9. The molecule has 1 aliphatic heterocycles. The molecule has 23 heavy (non-hydrogen) atoms. The van der Waals surface area contributed by atoms with Crippen molar-refractivity contribution in [2.75, 3.05) is 38.1 Å². The van der Waals surface area contributed by atoms with E-state index in [4.69, 9.17) is 0 Å². The predicted octanol–water partition coefficient (Wildman–Crippen LogP) is 1.74. The van der Waals surface area contributed by atoms with E-state index in [2.05, 4.69) is 16.9 Å². The average molecular weight is 316 g/mol. The van der Waals surface area contributed by atoms with E-state index in [0.717, 1.165) is 26.2 Å². The Hall–Kier alpha value is -2.21. The number of likely N-dealkylation sites (N-methyl/N-ethyl adjacent to an activating group) is 1. The van der Waals surface area contributed by atoms with Crippen molar-refractivity contribution in [3.05, 3.63) is 52.0 Å². The Morgan fingerprint density at radius 2 is 1.78 bits per heavy atom. The number of aromatic nitrogens is 2. The number of rotatable bonds is 2. The number of hydrogen-bond acceptors (Lipinski definition) is 4. The molecule has 1 aromatic heterocycles. The highest BCUT2D eigenvalue weighted by atomic mass is 19.1. The van der Waals surface area contributed by atoms with Crippen molar-refractivity contribution in [1.82, 2.24) is 14.5 Å². The number of anilines is 1. The van der Waals surface area contributed by atoms with Crippen LogP contribution in [0, 0.1) is 19.7 Å². The van der Waals surface area contributed by atoms with Gasteiger partial charge in [-0.2, -0.15) is 0 Å². The molecule has 0 bridgehead atoms. The minimum Gasteiger partial charge on any atom is -0.367 e. The molecule has 0 aliphatic carbocycles. The van der Waals surface area contributed by atoms with Crippen LogP contribution in [0.15, 0.2) is 29.1 Å². The third-order valence-electron chi connectivity index (χ3n) is 4.25. The molecular weight excluding hydrogens is 295 g/mol. The molecule has 0 spiro atoms. The van der Waals surface area contributed by atoms with Crippen LogP contribution in [-0.2, 0) is 0 Å². The molecule has 0 amide bonds. The van der Waals surface area contributed by atoms with E-state index in [1.165, 1.54) is 16.7 Å². The summed E-state index contributed by atoms with van der Waals surface area (Å²) in [6.45, 7) is 6.97. The van der Waals surface area contributed by atoms with Crippen LogP contribution in [0.25, 0.3) is 5.69 Å². The van der Waals surface area contributed by atoms with Gasteiger partial charge in [0.1, 0.15) is 11.6 Å². The lowest BCUT2D eigenvalue weighted by Crippen LogP contribution is -2.44. The Balaban J connectivity index is 1.95. The smallest absolute Gasteiger partial charge is 0.258 e. The average Bonchev–Trinajstić information content (AvgIpc) is 2.47. The second kappa shape index (κ2) is 6.12. The van der Waals surface area contributed by atoms with E-state index in [9.17, 15) is 9.18 Å². The standard InChI is InChI=1S/C17H21FN4O/c1-12-10-17(23)22(13(2)19-12)14-4-5-16(15(18)11-14)21-8-6-20(3)7-9-21/h4-5,10-11H,6-9H2,1-3H3.